The molecule has 0 saturated carbocycles. The van der Waals surface area contributed by atoms with Crippen molar-refractivity contribution in [3.8, 4) is 0 Å². The summed E-state index contributed by atoms with van der Waals surface area (Å²) < 4.78 is 31.7. The van der Waals surface area contributed by atoms with Crippen molar-refractivity contribution in [1.29, 1.82) is 0 Å². The lowest BCUT2D eigenvalue weighted by Crippen LogP contribution is -2.43. The van der Waals surface area contributed by atoms with Gasteiger partial charge in [0.1, 0.15) is 0 Å². The van der Waals surface area contributed by atoms with Crippen molar-refractivity contribution in [2.75, 3.05) is 35.2 Å². The highest BCUT2D eigenvalue weighted by atomic mass is 19.4. The van der Waals surface area contributed by atoms with Gasteiger partial charge in [-0.2, -0.15) is 28.1 Å². The van der Waals surface area contributed by atoms with E-state index >= 15 is 0 Å². The van der Waals surface area contributed by atoms with Crippen molar-refractivity contribution in [1.82, 2.24) is 15.0 Å². The Hall–Kier alpha value is -2.86. The minimum atomic E-state index is -5.08. The monoisotopic (exact) mass is 450 g/mol. The summed E-state index contributed by atoms with van der Waals surface area (Å²) in [5.41, 5.74) is -0.827. The third kappa shape index (κ3) is 8.42. The Morgan fingerprint density at radius 1 is 1.06 bits per heavy atom. The highest BCUT2D eigenvalue weighted by Crippen LogP contribution is 2.32. The second-order valence-electron chi connectivity index (χ2n) is 8.34. The number of piperidine rings is 1. The van der Waals surface area contributed by atoms with Gasteiger partial charge in [0.2, 0.25) is 17.8 Å². The summed E-state index contributed by atoms with van der Waals surface area (Å²) in [7, 11) is 0. The van der Waals surface area contributed by atoms with E-state index in [0.29, 0.717) is 43.8 Å². The fraction of sp³-hybridized carbons (Fsp3) is 0.722. The van der Waals surface area contributed by atoms with Crippen LogP contribution in [-0.2, 0) is 9.59 Å². The van der Waals surface area contributed by atoms with Gasteiger partial charge in [0.15, 0.2) is 0 Å². The molecule has 1 aliphatic heterocycles. The van der Waals surface area contributed by atoms with Gasteiger partial charge >= 0.3 is 18.1 Å². The summed E-state index contributed by atoms with van der Waals surface area (Å²) in [5, 5.41) is 22.9. The molecule has 0 aromatic carbocycles. The Morgan fingerprint density at radius 3 is 1.94 bits per heavy atom. The summed E-state index contributed by atoms with van der Waals surface area (Å²) in [4.78, 5) is 35.7. The molecule has 1 fully saturated rings. The van der Waals surface area contributed by atoms with Gasteiger partial charge < -0.3 is 25.7 Å². The maximum Gasteiger partial charge on any atom is 0.490 e. The number of aromatic nitrogens is 3. The van der Waals surface area contributed by atoms with Gasteiger partial charge in [-0.15, -0.1) is 0 Å². The van der Waals surface area contributed by atoms with Crippen molar-refractivity contribution in [3.05, 3.63) is 0 Å². The van der Waals surface area contributed by atoms with Gasteiger partial charge in [-0.25, -0.2) is 4.79 Å². The molecule has 0 aliphatic carbocycles. The molecule has 176 valence electrons. The first-order valence-corrected chi connectivity index (χ1v) is 9.64. The topological polar surface area (TPSA) is 141 Å². The van der Waals surface area contributed by atoms with Crippen molar-refractivity contribution in [2.24, 2.45) is 5.41 Å². The molecule has 1 saturated heterocycles. The molecular weight excluding hydrogens is 421 g/mol. The fourth-order valence-electron chi connectivity index (χ4n) is 2.55. The summed E-state index contributed by atoms with van der Waals surface area (Å²) in [6.45, 7) is 11.9. The van der Waals surface area contributed by atoms with Crippen LogP contribution in [0.25, 0.3) is 0 Å². The summed E-state index contributed by atoms with van der Waals surface area (Å²) >= 11 is 0. The molecule has 4 N–H and O–H groups in total. The number of nitrogens with zero attached hydrogens (tertiary/aromatic N) is 4. The average Bonchev–Trinajstić information content (AvgIpc) is 2.60. The summed E-state index contributed by atoms with van der Waals surface area (Å²) in [5.74, 6) is -1.86. The Labute approximate surface area is 178 Å². The van der Waals surface area contributed by atoms with E-state index in [1.165, 1.54) is 0 Å². The van der Waals surface area contributed by atoms with Gasteiger partial charge in [-0.1, -0.05) is 0 Å². The van der Waals surface area contributed by atoms with Crippen molar-refractivity contribution in [2.45, 2.75) is 59.2 Å². The zero-order valence-corrected chi connectivity index (χ0v) is 18.2. The fourth-order valence-corrected chi connectivity index (χ4v) is 2.55. The zero-order chi connectivity index (χ0) is 24.0. The molecular formula is C18H29F3N6O4. The molecule has 31 heavy (non-hydrogen) atoms. The molecule has 0 amide bonds. The summed E-state index contributed by atoms with van der Waals surface area (Å²) in [6.07, 6.45) is -3.93. The Bertz CT molecular complexity index is 775. The number of anilines is 3. The molecule has 10 nitrogen and oxygen atoms in total. The Kier molecular flexibility index (Phi) is 8.41. The van der Waals surface area contributed by atoms with Gasteiger partial charge in [-0.05, 0) is 47.5 Å². The Balaban J connectivity index is 0.000000592. The SMILES string of the molecule is CCNc1nc(NC(C)(C)C)nc(N2CCC(C)(C(=O)O)CC2)n1.O=C(O)C(F)(F)F. The number of halogens is 3. The maximum absolute atomic E-state index is 11.4. The van der Waals surface area contributed by atoms with Crippen molar-refractivity contribution >= 4 is 29.8 Å². The quantitative estimate of drug-likeness (QED) is 0.529. The largest absolute Gasteiger partial charge is 0.490 e. The average molecular weight is 450 g/mol. The number of hydrogen-bond acceptors (Lipinski definition) is 8. The van der Waals surface area contributed by atoms with E-state index < -0.39 is 23.5 Å². The highest BCUT2D eigenvalue weighted by Gasteiger charge is 2.38. The standard InChI is InChI=1S/C16H28N6O2.C2HF3O2/c1-6-17-12-18-13(21-15(2,3)4)20-14(19-12)22-9-7-16(5,8-10-22)11(23)24;3-2(4,5)1(6)7/h6-10H2,1-5H3,(H,23,24)(H2,17,18,19,20,21);(H,6,7). The van der Waals surface area contributed by atoms with E-state index in [0.717, 1.165) is 6.54 Å². The molecule has 1 aromatic rings. The molecule has 2 rings (SSSR count). The lowest BCUT2D eigenvalue weighted by Gasteiger charge is -2.36. The number of nitrogens with one attached hydrogen (secondary N) is 2. The van der Waals surface area contributed by atoms with E-state index in [2.05, 4.69) is 25.6 Å². The smallest absolute Gasteiger partial charge is 0.481 e. The van der Waals surface area contributed by atoms with Gasteiger partial charge in [0.05, 0.1) is 5.41 Å². The molecule has 0 radical (unpaired) electrons. The van der Waals surface area contributed by atoms with Crippen LogP contribution in [0.2, 0.25) is 0 Å². The van der Waals surface area contributed by atoms with E-state index in [1.807, 2.05) is 32.6 Å². The van der Waals surface area contributed by atoms with Gasteiger partial charge in [0.25, 0.3) is 0 Å². The van der Waals surface area contributed by atoms with Crippen LogP contribution in [-0.4, -0.2) is 68.5 Å². The lowest BCUT2D eigenvalue weighted by molar-refractivity contribution is -0.192. The Morgan fingerprint density at radius 2 is 1.55 bits per heavy atom. The van der Waals surface area contributed by atoms with Crippen LogP contribution in [0, 0.1) is 5.41 Å². The second kappa shape index (κ2) is 9.96. The molecule has 0 spiro atoms. The van der Waals surface area contributed by atoms with Crippen LogP contribution >= 0.6 is 0 Å². The van der Waals surface area contributed by atoms with Gasteiger partial charge in [0, 0.05) is 25.2 Å². The van der Waals surface area contributed by atoms with Crippen LogP contribution in [0.4, 0.5) is 31.0 Å². The number of alkyl halides is 3. The van der Waals surface area contributed by atoms with E-state index in [9.17, 15) is 23.1 Å². The van der Waals surface area contributed by atoms with E-state index in [-0.39, 0.29) is 5.54 Å². The van der Waals surface area contributed by atoms with Gasteiger partial charge in [-0.3, -0.25) is 4.79 Å². The highest BCUT2D eigenvalue weighted by molar-refractivity contribution is 5.74. The molecule has 0 unspecified atom stereocenters. The number of hydrogen-bond donors (Lipinski definition) is 4. The van der Waals surface area contributed by atoms with Crippen LogP contribution in [0.1, 0.15) is 47.5 Å². The molecule has 0 atom stereocenters. The van der Waals surface area contributed by atoms with Crippen LogP contribution in [0.15, 0.2) is 0 Å². The summed E-state index contributed by atoms with van der Waals surface area (Å²) in [6, 6.07) is 0. The first-order chi connectivity index (χ1) is 14.1. The first kappa shape index (κ1) is 26.2. The number of rotatable bonds is 5. The van der Waals surface area contributed by atoms with Crippen molar-refractivity contribution in [3.63, 3.8) is 0 Å². The maximum atomic E-state index is 11.4. The normalized spacial score (nSPS) is 16.1. The number of carboxylic acids is 2. The molecule has 13 heteroatoms. The first-order valence-electron chi connectivity index (χ1n) is 9.64. The van der Waals surface area contributed by atoms with Crippen molar-refractivity contribution < 1.29 is 33.0 Å². The van der Waals surface area contributed by atoms with E-state index in [4.69, 9.17) is 9.90 Å². The number of aliphatic carboxylic acids is 2. The van der Waals surface area contributed by atoms with Crippen LogP contribution in [0.5, 0.6) is 0 Å². The number of carbonyl (C=O) groups is 2. The predicted molar refractivity (Wildman–Crippen MR) is 108 cm³/mol. The van der Waals surface area contributed by atoms with E-state index in [1.54, 1.807) is 6.92 Å². The number of carboxylic acid groups (broad SMARTS) is 2. The predicted octanol–water partition coefficient (Wildman–Crippen LogP) is 2.84. The second-order valence-corrected chi connectivity index (χ2v) is 8.34. The molecule has 0 bridgehead atoms. The van der Waals surface area contributed by atoms with Crippen LogP contribution < -0.4 is 15.5 Å². The van der Waals surface area contributed by atoms with Crippen LogP contribution in [0.3, 0.4) is 0 Å². The zero-order valence-electron chi connectivity index (χ0n) is 18.2. The minimum Gasteiger partial charge on any atom is -0.481 e. The minimum absolute atomic E-state index is 0.161. The molecule has 1 aliphatic rings. The third-order valence-electron chi connectivity index (χ3n) is 4.35. The lowest BCUT2D eigenvalue weighted by atomic mass is 9.80. The molecule has 1 aromatic heterocycles. The third-order valence-corrected chi connectivity index (χ3v) is 4.35. The molecule has 2 heterocycles.